The van der Waals surface area contributed by atoms with Gasteiger partial charge in [0.15, 0.2) is 0 Å². The standard InChI is InChI=1S/C16H25N/c1-12-7-9-14(10-8-12)11-16(17-3)15-6-4-5-13(15)2/h7-10,13,15-17H,4-6,11H2,1-3H3. The first-order valence-corrected chi connectivity index (χ1v) is 6.93. The normalized spacial score (nSPS) is 26.1. The van der Waals surface area contributed by atoms with Crippen LogP contribution in [0, 0.1) is 18.8 Å². The highest BCUT2D eigenvalue weighted by molar-refractivity contribution is 5.22. The van der Waals surface area contributed by atoms with Crippen LogP contribution in [0.5, 0.6) is 0 Å². The van der Waals surface area contributed by atoms with Crippen LogP contribution < -0.4 is 5.32 Å². The van der Waals surface area contributed by atoms with E-state index >= 15 is 0 Å². The van der Waals surface area contributed by atoms with Crippen molar-refractivity contribution in [3.8, 4) is 0 Å². The molecule has 3 atom stereocenters. The minimum atomic E-state index is 0.648. The van der Waals surface area contributed by atoms with Crippen molar-refractivity contribution in [2.45, 2.75) is 45.6 Å². The molecule has 1 N–H and O–H groups in total. The lowest BCUT2D eigenvalue weighted by atomic mass is 9.86. The fourth-order valence-corrected chi connectivity index (χ4v) is 3.22. The Morgan fingerprint density at radius 1 is 1.24 bits per heavy atom. The Bertz CT molecular complexity index is 341. The van der Waals surface area contributed by atoms with E-state index in [1.165, 1.54) is 36.8 Å². The first kappa shape index (κ1) is 12.6. The second kappa shape index (κ2) is 5.68. The molecule has 1 aromatic carbocycles. The van der Waals surface area contributed by atoms with Crippen LogP contribution >= 0.6 is 0 Å². The van der Waals surface area contributed by atoms with Crippen molar-refractivity contribution in [2.75, 3.05) is 7.05 Å². The highest BCUT2D eigenvalue weighted by Gasteiger charge is 2.29. The van der Waals surface area contributed by atoms with Crippen molar-refractivity contribution in [3.05, 3.63) is 35.4 Å². The van der Waals surface area contributed by atoms with Crippen molar-refractivity contribution < 1.29 is 0 Å². The van der Waals surface area contributed by atoms with Crippen LogP contribution in [0.1, 0.15) is 37.3 Å². The second-order valence-corrected chi connectivity index (χ2v) is 5.66. The zero-order valence-electron chi connectivity index (χ0n) is 11.4. The van der Waals surface area contributed by atoms with Gasteiger partial charge in [-0.3, -0.25) is 0 Å². The van der Waals surface area contributed by atoms with E-state index in [-0.39, 0.29) is 0 Å². The Hall–Kier alpha value is -0.820. The Kier molecular flexibility index (Phi) is 4.22. The van der Waals surface area contributed by atoms with Gasteiger partial charge in [-0.2, -0.15) is 0 Å². The van der Waals surface area contributed by atoms with E-state index in [0.717, 1.165) is 11.8 Å². The summed E-state index contributed by atoms with van der Waals surface area (Å²) in [6.07, 6.45) is 5.40. The number of hydrogen-bond donors (Lipinski definition) is 1. The molecule has 0 amide bonds. The minimum Gasteiger partial charge on any atom is -0.316 e. The van der Waals surface area contributed by atoms with Gasteiger partial charge in [-0.15, -0.1) is 0 Å². The summed E-state index contributed by atoms with van der Waals surface area (Å²) >= 11 is 0. The number of nitrogens with one attached hydrogen (secondary N) is 1. The third-order valence-electron chi connectivity index (χ3n) is 4.39. The largest absolute Gasteiger partial charge is 0.316 e. The molecular weight excluding hydrogens is 206 g/mol. The molecule has 0 bridgehead atoms. The molecule has 1 nitrogen and oxygen atoms in total. The maximum atomic E-state index is 3.54. The number of likely N-dealkylation sites (N-methyl/N-ethyl adjacent to an activating group) is 1. The fourth-order valence-electron chi connectivity index (χ4n) is 3.22. The molecule has 1 aliphatic rings. The molecule has 0 aromatic heterocycles. The summed E-state index contributed by atoms with van der Waals surface area (Å²) in [5.74, 6) is 1.75. The lowest BCUT2D eigenvalue weighted by molar-refractivity contribution is 0.308. The molecule has 1 aliphatic carbocycles. The Morgan fingerprint density at radius 3 is 2.47 bits per heavy atom. The number of aryl methyl sites for hydroxylation is 1. The van der Waals surface area contributed by atoms with Crippen LogP contribution in [-0.4, -0.2) is 13.1 Å². The monoisotopic (exact) mass is 231 g/mol. The average molecular weight is 231 g/mol. The SMILES string of the molecule is CNC(Cc1ccc(C)cc1)C1CCCC1C. The molecule has 3 unspecified atom stereocenters. The lowest BCUT2D eigenvalue weighted by Crippen LogP contribution is -2.36. The molecule has 1 saturated carbocycles. The van der Waals surface area contributed by atoms with Crippen LogP contribution in [0.2, 0.25) is 0 Å². The smallest absolute Gasteiger partial charge is 0.0135 e. The maximum Gasteiger partial charge on any atom is 0.0135 e. The van der Waals surface area contributed by atoms with Crippen molar-refractivity contribution >= 4 is 0 Å². The van der Waals surface area contributed by atoms with Gasteiger partial charge >= 0.3 is 0 Å². The molecule has 0 saturated heterocycles. The third-order valence-corrected chi connectivity index (χ3v) is 4.39. The van der Waals surface area contributed by atoms with E-state index in [2.05, 4.69) is 50.5 Å². The van der Waals surface area contributed by atoms with Gasteiger partial charge in [0.25, 0.3) is 0 Å². The summed E-state index contributed by atoms with van der Waals surface area (Å²) in [7, 11) is 2.11. The van der Waals surface area contributed by atoms with Crippen molar-refractivity contribution in [3.63, 3.8) is 0 Å². The summed E-state index contributed by atoms with van der Waals surface area (Å²) in [5, 5.41) is 3.54. The van der Waals surface area contributed by atoms with E-state index in [4.69, 9.17) is 0 Å². The van der Waals surface area contributed by atoms with Crippen molar-refractivity contribution in [2.24, 2.45) is 11.8 Å². The molecule has 0 spiro atoms. The van der Waals surface area contributed by atoms with Crippen LogP contribution in [0.3, 0.4) is 0 Å². The van der Waals surface area contributed by atoms with Gasteiger partial charge in [-0.25, -0.2) is 0 Å². The maximum absolute atomic E-state index is 3.54. The predicted octanol–water partition coefficient (Wildman–Crippen LogP) is 3.56. The highest BCUT2D eigenvalue weighted by Crippen LogP contribution is 2.34. The molecule has 17 heavy (non-hydrogen) atoms. The quantitative estimate of drug-likeness (QED) is 0.835. The molecule has 94 valence electrons. The highest BCUT2D eigenvalue weighted by atomic mass is 14.9. The molecule has 0 aliphatic heterocycles. The second-order valence-electron chi connectivity index (χ2n) is 5.66. The summed E-state index contributed by atoms with van der Waals surface area (Å²) in [4.78, 5) is 0. The van der Waals surface area contributed by atoms with E-state index < -0.39 is 0 Å². The summed E-state index contributed by atoms with van der Waals surface area (Å²) in [5.41, 5.74) is 2.82. The molecule has 2 rings (SSSR count). The van der Waals surface area contributed by atoms with Crippen LogP contribution in [0.25, 0.3) is 0 Å². The molecule has 1 fully saturated rings. The van der Waals surface area contributed by atoms with Gasteiger partial charge in [0.1, 0.15) is 0 Å². The molecule has 1 heteroatoms. The Balaban J connectivity index is 2.01. The number of rotatable bonds is 4. The summed E-state index contributed by atoms with van der Waals surface area (Å²) < 4.78 is 0. The zero-order chi connectivity index (χ0) is 12.3. The van der Waals surface area contributed by atoms with Crippen molar-refractivity contribution in [1.29, 1.82) is 0 Å². The fraction of sp³-hybridized carbons (Fsp3) is 0.625. The van der Waals surface area contributed by atoms with Gasteiger partial charge < -0.3 is 5.32 Å². The number of hydrogen-bond acceptors (Lipinski definition) is 1. The summed E-state index contributed by atoms with van der Waals surface area (Å²) in [6.45, 7) is 4.57. The van der Waals surface area contributed by atoms with E-state index in [1.54, 1.807) is 0 Å². The number of benzene rings is 1. The predicted molar refractivity (Wildman–Crippen MR) is 74.2 cm³/mol. The lowest BCUT2D eigenvalue weighted by Gasteiger charge is -2.26. The molecule has 0 heterocycles. The Labute approximate surface area is 106 Å². The third kappa shape index (κ3) is 3.10. The van der Waals surface area contributed by atoms with Crippen LogP contribution in [0.15, 0.2) is 24.3 Å². The minimum absolute atomic E-state index is 0.648. The van der Waals surface area contributed by atoms with E-state index in [0.29, 0.717) is 6.04 Å². The molecule has 0 radical (unpaired) electrons. The molecule has 1 aromatic rings. The topological polar surface area (TPSA) is 12.0 Å². The molecular formula is C16H25N. The van der Waals surface area contributed by atoms with Gasteiger partial charge in [0.2, 0.25) is 0 Å². The van der Waals surface area contributed by atoms with Crippen molar-refractivity contribution in [1.82, 2.24) is 5.32 Å². The first-order valence-electron chi connectivity index (χ1n) is 6.93. The Morgan fingerprint density at radius 2 is 1.94 bits per heavy atom. The van der Waals surface area contributed by atoms with E-state index in [9.17, 15) is 0 Å². The van der Waals surface area contributed by atoms with Gasteiger partial charge in [-0.1, -0.05) is 49.6 Å². The van der Waals surface area contributed by atoms with Gasteiger partial charge in [0, 0.05) is 6.04 Å². The van der Waals surface area contributed by atoms with Crippen LogP contribution in [0.4, 0.5) is 0 Å². The van der Waals surface area contributed by atoms with E-state index in [1.807, 2.05) is 0 Å². The van der Waals surface area contributed by atoms with Crippen LogP contribution in [-0.2, 0) is 6.42 Å². The first-order chi connectivity index (χ1) is 8.20. The van der Waals surface area contributed by atoms with Gasteiger partial charge in [0.05, 0.1) is 0 Å². The zero-order valence-corrected chi connectivity index (χ0v) is 11.4. The summed E-state index contributed by atoms with van der Waals surface area (Å²) in [6, 6.07) is 9.65. The van der Waals surface area contributed by atoms with Gasteiger partial charge in [-0.05, 0) is 44.2 Å². The average Bonchev–Trinajstić information content (AvgIpc) is 2.75.